The first-order valence-corrected chi connectivity index (χ1v) is 9.21. The SMILES string of the molecule is COc1cc2cc(CN(CCO)C(=O)c3cccc(C)c3)c(=O)[nH]c2cc1OC. The molecule has 152 valence electrons. The van der Waals surface area contributed by atoms with Gasteiger partial charge in [-0.1, -0.05) is 17.7 Å². The smallest absolute Gasteiger partial charge is 0.254 e. The summed E-state index contributed by atoms with van der Waals surface area (Å²) in [4.78, 5) is 29.8. The molecule has 0 bridgehead atoms. The van der Waals surface area contributed by atoms with E-state index in [1.807, 2.05) is 19.1 Å². The number of nitrogens with zero attached hydrogens (tertiary/aromatic N) is 1. The molecular formula is C22H24N2O5. The van der Waals surface area contributed by atoms with Crippen LogP contribution in [0.4, 0.5) is 0 Å². The molecule has 3 aromatic rings. The summed E-state index contributed by atoms with van der Waals surface area (Å²) < 4.78 is 10.6. The number of hydrogen-bond donors (Lipinski definition) is 2. The number of aryl methyl sites for hydroxylation is 1. The number of pyridine rings is 1. The summed E-state index contributed by atoms with van der Waals surface area (Å²) in [5.41, 5.74) is 2.20. The van der Waals surface area contributed by atoms with Crippen LogP contribution in [0.5, 0.6) is 11.5 Å². The van der Waals surface area contributed by atoms with Crippen LogP contribution in [0.15, 0.2) is 47.3 Å². The number of amides is 1. The number of ether oxygens (including phenoxy) is 2. The van der Waals surface area contributed by atoms with Gasteiger partial charge in [-0.3, -0.25) is 9.59 Å². The maximum absolute atomic E-state index is 12.9. The predicted molar refractivity (Wildman–Crippen MR) is 111 cm³/mol. The number of benzene rings is 2. The second-order valence-electron chi connectivity index (χ2n) is 6.74. The van der Waals surface area contributed by atoms with Crippen molar-refractivity contribution >= 4 is 16.8 Å². The number of carbonyl (C=O) groups is 1. The van der Waals surface area contributed by atoms with E-state index in [0.717, 1.165) is 10.9 Å². The maximum atomic E-state index is 12.9. The monoisotopic (exact) mass is 396 g/mol. The lowest BCUT2D eigenvalue weighted by atomic mass is 10.1. The van der Waals surface area contributed by atoms with Gasteiger partial charge in [0.05, 0.1) is 32.9 Å². The molecule has 1 heterocycles. The number of aliphatic hydroxyl groups excluding tert-OH is 1. The first kappa shape index (κ1) is 20.4. The number of aromatic nitrogens is 1. The highest BCUT2D eigenvalue weighted by Gasteiger charge is 2.18. The van der Waals surface area contributed by atoms with Crippen LogP contribution in [-0.2, 0) is 6.54 Å². The summed E-state index contributed by atoms with van der Waals surface area (Å²) in [6.07, 6.45) is 0. The summed E-state index contributed by atoms with van der Waals surface area (Å²) in [7, 11) is 3.07. The van der Waals surface area contributed by atoms with Gasteiger partial charge in [0, 0.05) is 29.1 Å². The molecule has 0 aliphatic rings. The highest BCUT2D eigenvalue weighted by atomic mass is 16.5. The van der Waals surface area contributed by atoms with Crippen LogP contribution in [-0.4, -0.2) is 48.3 Å². The van der Waals surface area contributed by atoms with E-state index in [4.69, 9.17) is 9.47 Å². The average molecular weight is 396 g/mol. The minimum atomic E-state index is -0.301. The number of methoxy groups -OCH3 is 2. The van der Waals surface area contributed by atoms with Crippen molar-refractivity contribution in [1.29, 1.82) is 0 Å². The van der Waals surface area contributed by atoms with E-state index in [2.05, 4.69) is 4.98 Å². The highest BCUT2D eigenvalue weighted by molar-refractivity contribution is 5.94. The molecule has 0 unspecified atom stereocenters. The fraction of sp³-hybridized carbons (Fsp3) is 0.273. The maximum Gasteiger partial charge on any atom is 0.254 e. The molecule has 0 spiro atoms. The van der Waals surface area contributed by atoms with Gasteiger partial charge in [-0.15, -0.1) is 0 Å². The van der Waals surface area contributed by atoms with Gasteiger partial charge in [-0.25, -0.2) is 0 Å². The molecule has 1 aromatic heterocycles. The Morgan fingerprint density at radius 3 is 2.48 bits per heavy atom. The van der Waals surface area contributed by atoms with E-state index < -0.39 is 0 Å². The predicted octanol–water partition coefficient (Wildman–Crippen LogP) is 2.49. The van der Waals surface area contributed by atoms with Crippen LogP contribution in [0.2, 0.25) is 0 Å². The fourth-order valence-electron chi connectivity index (χ4n) is 3.24. The highest BCUT2D eigenvalue weighted by Crippen LogP contribution is 2.31. The van der Waals surface area contributed by atoms with Gasteiger partial charge >= 0.3 is 0 Å². The number of nitrogens with one attached hydrogen (secondary N) is 1. The molecule has 0 aliphatic heterocycles. The lowest BCUT2D eigenvalue weighted by Gasteiger charge is -2.22. The van der Waals surface area contributed by atoms with E-state index in [9.17, 15) is 14.7 Å². The van der Waals surface area contributed by atoms with Crippen LogP contribution in [0.25, 0.3) is 10.9 Å². The van der Waals surface area contributed by atoms with Crippen LogP contribution in [0.1, 0.15) is 21.5 Å². The second-order valence-corrected chi connectivity index (χ2v) is 6.74. The third kappa shape index (κ3) is 4.41. The molecule has 0 saturated heterocycles. The van der Waals surface area contributed by atoms with Crippen molar-refractivity contribution in [3.05, 3.63) is 69.5 Å². The standard InChI is InChI=1S/C22H24N2O5/c1-14-5-4-6-15(9-14)22(27)24(7-8-25)13-17-10-16-11-19(28-2)20(29-3)12-18(16)23-21(17)26/h4-6,9-12,25H,7-8,13H2,1-3H3,(H,23,26). The molecule has 7 nitrogen and oxygen atoms in total. The quantitative estimate of drug-likeness (QED) is 0.640. The van der Waals surface area contributed by atoms with Crippen molar-refractivity contribution in [3.8, 4) is 11.5 Å². The summed E-state index contributed by atoms with van der Waals surface area (Å²) >= 11 is 0. The van der Waals surface area contributed by atoms with E-state index >= 15 is 0 Å². The fourth-order valence-corrected chi connectivity index (χ4v) is 3.24. The van der Waals surface area contributed by atoms with Crippen molar-refractivity contribution in [1.82, 2.24) is 9.88 Å². The van der Waals surface area contributed by atoms with Gasteiger partial charge in [0.15, 0.2) is 11.5 Å². The van der Waals surface area contributed by atoms with E-state index in [1.54, 1.807) is 37.4 Å². The van der Waals surface area contributed by atoms with E-state index in [1.165, 1.54) is 12.0 Å². The van der Waals surface area contributed by atoms with Gasteiger partial charge in [0.1, 0.15) is 0 Å². The second kappa shape index (κ2) is 8.79. The van der Waals surface area contributed by atoms with Gasteiger partial charge in [-0.2, -0.15) is 0 Å². The van der Waals surface area contributed by atoms with Crippen molar-refractivity contribution in [2.45, 2.75) is 13.5 Å². The van der Waals surface area contributed by atoms with Crippen LogP contribution >= 0.6 is 0 Å². The van der Waals surface area contributed by atoms with Gasteiger partial charge in [-0.05, 0) is 31.2 Å². The van der Waals surface area contributed by atoms with Crippen LogP contribution < -0.4 is 15.0 Å². The Hall–Kier alpha value is -3.32. The third-order valence-electron chi connectivity index (χ3n) is 4.71. The van der Waals surface area contributed by atoms with Crippen molar-refractivity contribution < 1.29 is 19.4 Å². The Labute approximate surface area is 168 Å². The van der Waals surface area contributed by atoms with Crippen LogP contribution in [0.3, 0.4) is 0 Å². The molecule has 3 rings (SSSR count). The largest absolute Gasteiger partial charge is 0.493 e. The van der Waals surface area contributed by atoms with E-state index in [0.29, 0.717) is 28.1 Å². The molecule has 29 heavy (non-hydrogen) atoms. The molecular weight excluding hydrogens is 372 g/mol. The first-order chi connectivity index (χ1) is 14.0. The zero-order chi connectivity index (χ0) is 21.0. The summed E-state index contributed by atoms with van der Waals surface area (Å²) in [5, 5.41) is 10.2. The van der Waals surface area contributed by atoms with Crippen molar-refractivity contribution in [2.75, 3.05) is 27.4 Å². The minimum absolute atomic E-state index is 0.0763. The number of aromatic amines is 1. The Morgan fingerprint density at radius 2 is 1.83 bits per heavy atom. The normalized spacial score (nSPS) is 10.8. The summed E-state index contributed by atoms with van der Waals surface area (Å²) in [6.45, 7) is 1.90. The number of carbonyl (C=O) groups excluding carboxylic acids is 1. The topological polar surface area (TPSA) is 91.9 Å². The Morgan fingerprint density at radius 1 is 1.10 bits per heavy atom. The number of hydrogen-bond acceptors (Lipinski definition) is 5. The molecule has 0 fully saturated rings. The number of rotatable bonds is 7. The molecule has 1 amide bonds. The lowest BCUT2D eigenvalue weighted by Crippen LogP contribution is -2.35. The molecule has 2 N–H and O–H groups in total. The minimum Gasteiger partial charge on any atom is -0.493 e. The number of aliphatic hydroxyl groups is 1. The zero-order valence-corrected chi connectivity index (χ0v) is 16.7. The lowest BCUT2D eigenvalue weighted by molar-refractivity contribution is 0.0707. The molecule has 0 saturated carbocycles. The van der Waals surface area contributed by atoms with Crippen molar-refractivity contribution in [2.24, 2.45) is 0 Å². The van der Waals surface area contributed by atoms with Gasteiger partial charge < -0.3 is 24.5 Å². The summed E-state index contributed by atoms with van der Waals surface area (Å²) in [5.74, 6) is 0.815. The van der Waals surface area contributed by atoms with Crippen LogP contribution in [0, 0.1) is 6.92 Å². The average Bonchev–Trinajstić information content (AvgIpc) is 2.72. The van der Waals surface area contributed by atoms with Crippen molar-refractivity contribution in [3.63, 3.8) is 0 Å². The Kier molecular flexibility index (Phi) is 6.19. The molecule has 0 atom stereocenters. The third-order valence-corrected chi connectivity index (χ3v) is 4.71. The number of H-pyrrole nitrogens is 1. The first-order valence-electron chi connectivity index (χ1n) is 9.21. The molecule has 0 aliphatic carbocycles. The zero-order valence-electron chi connectivity index (χ0n) is 16.7. The van der Waals surface area contributed by atoms with Gasteiger partial charge in [0.2, 0.25) is 0 Å². The molecule has 0 radical (unpaired) electrons. The van der Waals surface area contributed by atoms with Gasteiger partial charge in [0.25, 0.3) is 11.5 Å². The van der Waals surface area contributed by atoms with E-state index in [-0.39, 0.29) is 31.2 Å². The molecule has 7 heteroatoms. The Bertz CT molecular complexity index is 1090. The molecule has 2 aromatic carbocycles. The number of fused-ring (bicyclic) bond motifs is 1. The summed E-state index contributed by atoms with van der Waals surface area (Å²) in [6, 6.07) is 12.4. The Balaban J connectivity index is 1.98.